The molecule has 0 radical (unpaired) electrons. The lowest BCUT2D eigenvalue weighted by atomic mass is 10.1. The summed E-state index contributed by atoms with van der Waals surface area (Å²) in [6.07, 6.45) is 0.766. The third-order valence-corrected chi connectivity index (χ3v) is 3.39. The fourth-order valence-corrected chi connectivity index (χ4v) is 2.46. The summed E-state index contributed by atoms with van der Waals surface area (Å²) in [5.41, 5.74) is 1.71. The molecule has 0 aliphatic carbocycles. The molecular formula is C14H18N2O3. The van der Waals surface area contributed by atoms with Crippen molar-refractivity contribution in [3.63, 3.8) is 0 Å². The van der Waals surface area contributed by atoms with Gasteiger partial charge in [-0.15, -0.1) is 0 Å². The highest BCUT2D eigenvalue weighted by Gasteiger charge is 2.37. The Balaban J connectivity index is 2.44. The highest BCUT2D eigenvalue weighted by Crippen LogP contribution is 2.25. The van der Waals surface area contributed by atoms with Gasteiger partial charge in [-0.2, -0.15) is 0 Å². The molecule has 1 heterocycles. The van der Waals surface area contributed by atoms with Crippen LogP contribution in [0, 0.1) is 0 Å². The first-order chi connectivity index (χ1) is 9.04. The number of rotatable bonds is 3. The highest BCUT2D eigenvalue weighted by molar-refractivity contribution is 6.01. The van der Waals surface area contributed by atoms with E-state index in [9.17, 15) is 14.7 Å². The number of likely N-dealkylation sites (N-methyl/N-ethyl adjacent to an activating group) is 1. The van der Waals surface area contributed by atoms with Crippen molar-refractivity contribution in [1.29, 1.82) is 0 Å². The molecule has 102 valence electrons. The summed E-state index contributed by atoms with van der Waals surface area (Å²) < 4.78 is 0. The van der Waals surface area contributed by atoms with Crippen LogP contribution < -0.4 is 4.90 Å². The minimum Gasteiger partial charge on any atom is -0.480 e. The standard InChI is InChI=1S/C14H18N2O3/c1-3-10-6-4-5-7-11(10)16-12(14(18)19)8-15(2)9-13(16)17/h4-7,12H,3,8-9H2,1-2H3,(H,18,19). The molecule has 1 amide bonds. The molecule has 1 aliphatic rings. The van der Waals surface area contributed by atoms with Gasteiger partial charge < -0.3 is 5.11 Å². The minimum atomic E-state index is -0.967. The third-order valence-electron chi connectivity index (χ3n) is 3.39. The smallest absolute Gasteiger partial charge is 0.328 e. The maximum Gasteiger partial charge on any atom is 0.328 e. The molecule has 1 N–H and O–H groups in total. The van der Waals surface area contributed by atoms with Crippen LogP contribution in [0.2, 0.25) is 0 Å². The van der Waals surface area contributed by atoms with Gasteiger partial charge >= 0.3 is 5.97 Å². The number of hydrogen-bond acceptors (Lipinski definition) is 3. The quantitative estimate of drug-likeness (QED) is 0.882. The van der Waals surface area contributed by atoms with Gasteiger partial charge in [0.25, 0.3) is 0 Å². The van der Waals surface area contributed by atoms with Gasteiger partial charge in [0.1, 0.15) is 6.04 Å². The lowest BCUT2D eigenvalue weighted by Crippen LogP contribution is -2.58. The number of piperazine rings is 1. The number of hydrogen-bond donors (Lipinski definition) is 1. The Morgan fingerprint density at radius 1 is 1.42 bits per heavy atom. The molecule has 1 aliphatic heterocycles. The summed E-state index contributed by atoms with van der Waals surface area (Å²) in [5, 5.41) is 9.35. The largest absolute Gasteiger partial charge is 0.480 e. The van der Waals surface area contributed by atoms with Crippen LogP contribution in [-0.2, 0) is 16.0 Å². The van der Waals surface area contributed by atoms with Crippen molar-refractivity contribution in [2.24, 2.45) is 0 Å². The molecule has 0 bridgehead atoms. The molecule has 1 saturated heterocycles. The lowest BCUT2D eigenvalue weighted by Gasteiger charge is -2.38. The van der Waals surface area contributed by atoms with Gasteiger partial charge in [-0.05, 0) is 25.1 Å². The van der Waals surface area contributed by atoms with E-state index < -0.39 is 12.0 Å². The fourth-order valence-electron chi connectivity index (χ4n) is 2.46. The predicted octanol–water partition coefficient (Wildman–Crippen LogP) is 0.981. The summed E-state index contributed by atoms with van der Waals surface area (Å²) in [4.78, 5) is 26.8. The summed E-state index contributed by atoms with van der Waals surface area (Å²) in [7, 11) is 1.76. The molecule has 1 atom stereocenters. The first kappa shape index (κ1) is 13.5. The van der Waals surface area contributed by atoms with E-state index in [4.69, 9.17) is 0 Å². The molecule has 1 fully saturated rings. The van der Waals surface area contributed by atoms with E-state index in [-0.39, 0.29) is 12.5 Å². The average Bonchev–Trinajstić information content (AvgIpc) is 2.38. The molecule has 0 saturated carbocycles. The van der Waals surface area contributed by atoms with E-state index in [0.29, 0.717) is 6.54 Å². The first-order valence-corrected chi connectivity index (χ1v) is 6.36. The number of carboxylic acid groups (broad SMARTS) is 1. The van der Waals surface area contributed by atoms with Crippen molar-refractivity contribution >= 4 is 17.6 Å². The minimum absolute atomic E-state index is 0.165. The van der Waals surface area contributed by atoms with Crippen LogP contribution in [0.5, 0.6) is 0 Å². The van der Waals surface area contributed by atoms with Crippen molar-refractivity contribution < 1.29 is 14.7 Å². The van der Waals surface area contributed by atoms with Gasteiger partial charge in [0, 0.05) is 12.2 Å². The number of carbonyl (C=O) groups excluding carboxylic acids is 1. The third kappa shape index (κ3) is 2.61. The normalized spacial score (nSPS) is 20.6. The van der Waals surface area contributed by atoms with Crippen LogP contribution >= 0.6 is 0 Å². The molecule has 0 aromatic heterocycles. The Kier molecular flexibility index (Phi) is 3.85. The number of anilines is 1. The van der Waals surface area contributed by atoms with Gasteiger partial charge in [0.15, 0.2) is 0 Å². The zero-order valence-corrected chi connectivity index (χ0v) is 11.2. The van der Waals surface area contributed by atoms with E-state index in [1.54, 1.807) is 11.9 Å². The number of nitrogens with zero attached hydrogens (tertiary/aromatic N) is 2. The Morgan fingerprint density at radius 2 is 2.11 bits per heavy atom. The molecule has 0 spiro atoms. The summed E-state index contributed by atoms with van der Waals surface area (Å²) in [6, 6.07) is 6.66. The van der Waals surface area contributed by atoms with Crippen molar-refractivity contribution in [2.75, 3.05) is 25.0 Å². The van der Waals surface area contributed by atoms with Crippen LogP contribution in [-0.4, -0.2) is 48.1 Å². The maximum atomic E-state index is 12.2. The monoisotopic (exact) mass is 262 g/mol. The van der Waals surface area contributed by atoms with Gasteiger partial charge in [0.05, 0.1) is 6.54 Å². The zero-order valence-electron chi connectivity index (χ0n) is 11.2. The van der Waals surface area contributed by atoms with Gasteiger partial charge in [-0.3, -0.25) is 14.6 Å². The molecule has 5 heteroatoms. The summed E-state index contributed by atoms with van der Waals surface area (Å²) in [6.45, 7) is 2.59. The van der Waals surface area contributed by atoms with Crippen molar-refractivity contribution in [3.8, 4) is 0 Å². The van der Waals surface area contributed by atoms with Crippen molar-refractivity contribution in [1.82, 2.24) is 4.90 Å². The number of benzene rings is 1. The summed E-state index contributed by atoms with van der Waals surface area (Å²) >= 11 is 0. The summed E-state index contributed by atoms with van der Waals surface area (Å²) in [5.74, 6) is -1.13. The molecule has 5 nitrogen and oxygen atoms in total. The SMILES string of the molecule is CCc1ccccc1N1C(=O)CN(C)CC1C(=O)O. The second-order valence-corrected chi connectivity index (χ2v) is 4.80. The van der Waals surface area contributed by atoms with Gasteiger partial charge in [-0.1, -0.05) is 25.1 Å². The highest BCUT2D eigenvalue weighted by atomic mass is 16.4. The second-order valence-electron chi connectivity index (χ2n) is 4.80. The zero-order chi connectivity index (χ0) is 14.0. The Hall–Kier alpha value is -1.88. The van der Waals surface area contributed by atoms with Crippen LogP contribution in [0.1, 0.15) is 12.5 Å². The Morgan fingerprint density at radius 3 is 2.74 bits per heavy atom. The van der Waals surface area contributed by atoms with E-state index in [2.05, 4.69) is 0 Å². The van der Waals surface area contributed by atoms with Crippen LogP contribution in [0.25, 0.3) is 0 Å². The maximum absolute atomic E-state index is 12.2. The van der Waals surface area contributed by atoms with Crippen LogP contribution in [0.3, 0.4) is 0 Å². The molecule has 19 heavy (non-hydrogen) atoms. The Labute approximate surface area is 112 Å². The van der Waals surface area contributed by atoms with Crippen LogP contribution in [0.15, 0.2) is 24.3 Å². The second kappa shape index (κ2) is 5.40. The molecule has 2 rings (SSSR count). The molecule has 1 aromatic carbocycles. The average molecular weight is 262 g/mol. The number of amides is 1. The van der Waals surface area contributed by atoms with Crippen molar-refractivity contribution in [3.05, 3.63) is 29.8 Å². The molecule has 1 unspecified atom stereocenters. The van der Waals surface area contributed by atoms with E-state index >= 15 is 0 Å². The number of para-hydroxylation sites is 1. The lowest BCUT2D eigenvalue weighted by molar-refractivity contribution is -0.142. The fraction of sp³-hybridized carbons (Fsp3) is 0.429. The Bertz CT molecular complexity index is 501. The molecular weight excluding hydrogens is 244 g/mol. The van der Waals surface area contributed by atoms with E-state index in [1.807, 2.05) is 31.2 Å². The van der Waals surface area contributed by atoms with Crippen molar-refractivity contribution in [2.45, 2.75) is 19.4 Å². The van der Waals surface area contributed by atoms with E-state index in [1.165, 1.54) is 4.90 Å². The number of carboxylic acids is 1. The predicted molar refractivity (Wildman–Crippen MR) is 72.2 cm³/mol. The number of aryl methyl sites for hydroxylation is 1. The first-order valence-electron chi connectivity index (χ1n) is 6.36. The van der Waals surface area contributed by atoms with E-state index in [0.717, 1.165) is 17.7 Å². The molecule has 1 aromatic rings. The number of aliphatic carboxylic acids is 1. The van der Waals surface area contributed by atoms with Gasteiger partial charge in [-0.25, -0.2) is 4.79 Å². The topological polar surface area (TPSA) is 60.9 Å². The van der Waals surface area contributed by atoms with Crippen LogP contribution in [0.4, 0.5) is 5.69 Å². The van der Waals surface area contributed by atoms with Gasteiger partial charge in [0.2, 0.25) is 5.91 Å². The number of carbonyl (C=O) groups is 2.